The monoisotopic (exact) mass is 853 g/mol. The minimum absolute atomic E-state index is 0.0457. The number of benzene rings is 9. The van der Waals surface area contributed by atoms with E-state index in [2.05, 4.69) is 273 Å². The molecule has 0 fully saturated rings. The minimum atomic E-state index is -0.126. The molecule has 1 heteroatoms. The van der Waals surface area contributed by atoms with Gasteiger partial charge in [0, 0.05) is 22.5 Å². The topological polar surface area (TPSA) is 3.24 Å². The van der Waals surface area contributed by atoms with E-state index in [4.69, 9.17) is 0 Å². The Balaban J connectivity index is 1.10. The zero-order valence-electron chi connectivity index (χ0n) is 39.7. The van der Waals surface area contributed by atoms with Crippen LogP contribution >= 0.6 is 0 Å². The molecule has 0 heterocycles. The lowest BCUT2D eigenvalue weighted by atomic mass is 9.79. The standard InChI is InChI=1S/C65H59N/c1-63(2,3)52-38-51(39-53(42-52)64(4,5)6)47-26-28-48(29-27-47)57-36-32-49(45-20-13-10-14-21-45)41-60(57)50-22-17-23-55(40-50)66(54-33-30-46(31-34-54)44-18-11-9-12-19-44)56-35-37-59-58-24-15-16-25-61(58)65(7,8)62(59)43-56/h9-43H,1-8H3. The first-order chi connectivity index (χ1) is 31.7. The largest absolute Gasteiger partial charge is 0.310 e. The van der Waals surface area contributed by atoms with Crippen molar-refractivity contribution in [3.8, 4) is 66.8 Å². The molecular formula is C65H59N. The summed E-state index contributed by atoms with van der Waals surface area (Å²) >= 11 is 0. The molecule has 0 atom stereocenters. The van der Waals surface area contributed by atoms with Crippen LogP contribution in [0.25, 0.3) is 66.8 Å². The van der Waals surface area contributed by atoms with Crippen LogP contribution in [0.5, 0.6) is 0 Å². The van der Waals surface area contributed by atoms with Gasteiger partial charge in [-0.2, -0.15) is 0 Å². The normalized spacial score (nSPS) is 13.0. The molecule has 0 saturated heterocycles. The van der Waals surface area contributed by atoms with E-state index in [0.717, 1.165) is 22.6 Å². The molecule has 0 aliphatic heterocycles. The van der Waals surface area contributed by atoms with Crippen LogP contribution in [0.3, 0.4) is 0 Å². The molecule has 0 spiro atoms. The molecule has 1 aliphatic carbocycles. The van der Waals surface area contributed by atoms with E-state index in [1.807, 2.05) is 0 Å². The van der Waals surface area contributed by atoms with E-state index in [1.54, 1.807) is 0 Å². The van der Waals surface area contributed by atoms with Gasteiger partial charge in [0.05, 0.1) is 0 Å². The third kappa shape index (κ3) is 8.09. The lowest BCUT2D eigenvalue weighted by molar-refractivity contribution is 0.569. The first-order valence-electron chi connectivity index (χ1n) is 23.5. The predicted molar refractivity (Wildman–Crippen MR) is 283 cm³/mol. The molecule has 10 rings (SSSR count). The van der Waals surface area contributed by atoms with Crippen molar-refractivity contribution in [3.63, 3.8) is 0 Å². The number of hydrogen-bond acceptors (Lipinski definition) is 1. The van der Waals surface area contributed by atoms with Crippen LogP contribution in [-0.4, -0.2) is 0 Å². The second kappa shape index (κ2) is 16.6. The highest BCUT2D eigenvalue weighted by atomic mass is 15.1. The van der Waals surface area contributed by atoms with Gasteiger partial charge in [-0.1, -0.05) is 225 Å². The quantitative estimate of drug-likeness (QED) is 0.147. The van der Waals surface area contributed by atoms with Crippen LogP contribution in [0, 0.1) is 0 Å². The smallest absolute Gasteiger partial charge is 0.0467 e. The summed E-state index contributed by atoms with van der Waals surface area (Å²) in [7, 11) is 0. The Kier molecular flexibility index (Phi) is 10.8. The predicted octanol–water partition coefficient (Wildman–Crippen LogP) is 18.4. The fourth-order valence-electron chi connectivity index (χ4n) is 9.87. The molecule has 0 bridgehead atoms. The lowest BCUT2D eigenvalue weighted by Crippen LogP contribution is -2.16. The zero-order chi connectivity index (χ0) is 45.8. The molecule has 0 unspecified atom stereocenters. The Labute approximate surface area is 393 Å². The van der Waals surface area contributed by atoms with Crippen molar-refractivity contribution in [2.24, 2.45) is 0 Å². The number of fused-ring (bicyclic) bond motifs is 3. The van der Waals surface area contributed by atoms with E-state index in [1.165, 1.54) is 83.5 Å². The van der Waals surface area contributed by atoms with Gasteiger partial charge in [-0.3, -0.25) is 0 Å². The van der Waals surface area contributed by atoms with E-state index in [9.17, 15) is 0 Å². The summed E-state index contributed by atoms with van der Waals surface area (Å²) in [5.41, 5.74) is 23.5. The van der Waals surface area contributed by atoms with Crippen LogP contribution in [0.2, 0.25) is 0 Å². The molecule has 0 N–H and O–H groups in total. The summed E-state index contributed by atoms with van der Waals surface area (Å²) in [4.78, 5) is 2.44. The van der Waals surface area contributed by atoms with Crippen molar-refractivity contribution in [1.29, 1.82) is 0 Å². The van der Waals surface area contributed by atoms with E-state index in [0.29, 0.717) is 0 Å². The van der Waals surface area contributed by atoms with Crippen molar-refractivity contribution >= 4 is 17.1 Å². The summed E-state index contributed by atoms with van der Waals surface area (Å²) in [6.45, 7) is 18.6. The van der Waals surface area contributed by atoms with Crippen molar-refractivity contribution in [2.45, 2.75) is 71.6 Å². The molecule has 9 aromatic carbocycles. The third-order valence-corrected chi connectivity index (χ3v) is 13.8. The second-order valence-electron chi connectivity index (χ2n) is 20.7. The Morgan fingerprint density at radius 3 is 1.41 bits per heavy atom. The van der Waals surface area contributed by atoms with Crippen LogP contribution in [-0.2, 0) is 16.2 Å². The summed E-state index contributed by atoms with van der Waals surface area (Å²) < 4.78 is 0. The summed E-state index contributed by atoms with van der Waals surface area (Å²) in [6.07, 6.45) is 0. The van der Waals surface area contributed by atoms with Gasteiger partial charge in [-0.05, 0) is 142 Å². The molecular weight excluding hydrogens is 795 g/mol. The molecule has 66 heavy (non-hydrogen) atoms. The molecule has 9 aromatic rings. The highest BCUT2D eigenvalue weighted by molar-refractivity contribution is 5.91. The zero-order valence-corrected chi connectivity index (χ0v) is 39.7. The third-order valence-electron chi connectivity index (χ3n) is 13.8. The van der Waals surface area contributed by atoms with Gasteiger partial charge in [0.15, 0.2) is 0 Å². The van der Waals surface area contributed by atoms with Gasteiger partial charge < -0.3 is 4.90 Å². The van der Waals surface area contributed by atoms with Gasteiger partial charge in [-0.25, -0.2) is 0 Å². The molecule has 0 radical (unpaired) electrons. The first-order valence-corrected chi connectivity index (χ1v) is 23.5. The Bertz CT molecular complexity index is 3160. The van der Waals surface area contributed by atoms with Crippen molar-refractivity contribution < 1.29 is 0 Å². The molecule has 1 nitrogen and oxygen atoms in total. The highest BCUT2D eigenvalue weighted by Gasteiger charge is 2.36. The maximum Gasteiger partial charge on any atom is 0.0467 e. The van der Waals surface area contributed by atoms with Crippen LogP contribution in [0.1, 0.15) is 77.6 Å². The van der Waals surface area contributed by atoms with Crippen molar-refractivity contribution in [2.75, 3.05) is 4.90 Å². The Morgan fingerprint density at radius 2 is 0.758 bits per heavy atom. The SMILES string of the molecule is CC(C)(C)c1cc(-c2ccc(-c3ccc(-c4ccccc4)cc3-c3cccc(N(c4ccc(-c5ccccc5)cc4)c4ccc5c(c4)C(C)(C)c4ccccc4-5)c3)cc2)cc(C(C)(C)C)c1. The van der Waals surface area contributed by atoms with Crippen LogP contribution < -0.4 is 4.90 Å². The molecule has 0 saturated carbocycles. The van der Waals surface area contributed by atoms with Crippen LogP contribution in [0.4, 0.5) is 17.1 Å². The second-order valence-corrected chi connectivity index (χ2v) is 20.7. The van der Waals surface area contributed by atoms with Gasteiger partial charge in [-0.15, -0.1) is 0 Å². The Morgan fingerprint density at radius 1 is 0.288 bits per heavy atom. The van der Waals surface area contributed by atoms with Crippen LogP contribution in [0.15, 0.2) is 212 Å². The van der Waals surface area contributed by atoms with Gasteiger partial charge in [0.2, 0.25) is 0 Å². The molecule has 0 amide bonds. The maximum atomic E-state index is 2.44. The molecule has 324 valence electrons. The number of anilines is 3. The average Bonchev–Trinajstić information content (AvgIpc) is 3.56. The minimum Gasteiger partial charge on any atom is -0.310 e. The van der Waals surface area contributed by atoms with Gasteiger partial charge in [0.25, 0.3) is 0 Å². The Hall–Kier alpha value is -7.22. The van der Waals surface area contributed by atoms with E-state index < -0.39 is 0 Å². The molecule has 0 aromatic heterocycles. The van der Waals surface area contributed by atoms with Gasteiger partial charge in [0.1, 0.15) is 0 Å². The summed E-state index contributed by atoms with van der Waals surface area (Å²) in [5, 5.41) is 0. The summed E-state index contributed by atoms with van der Waals surface area (Å²) in [5.74, 6) is 0. The number of hydrogen-bond donors (Lipinski definition) is 0. The van der Waals surface area contributed by atoms with E-state index >= 15 is 0 Å². The van der Waals surface area contributed by atoms with Crippen molar-refractivity contribution in [3.05, 3.63) is 235 Å². The fourth-order valence-corrected chi connectivity index (χ4v) is 9.87. The number of nitrogens with zero attached hydrogens (tertiary/aromatic N) is 1. The van der Waals surface area contributed by atoms with Crippen molar-refractivity contribution in [1.82, 2.24) is 0 Å². The maximum absolute atomic E-state index is 2.44. The fraction of sp³-hybridized carbons (Fsp3) is 0.169. The average molecular weight is 854 g/mol. The summed E-state index contributed by atoms with van der Waals surface area (Å²) in [6, 6.07) is 78.9. The highest BCUT2D eigenvalue weighted by Crippen LogP contribution is 2.51. The lowest BCUT2D eigenvalue weighted by Gasteiger charge is -2.29. The number of rotatable bonds is 8. The first kappa shape index (κ1) is 42.7. The van der Waals surface area contributed by atoms with E-state index in [-0.39, 0.29) is 16.2 Å². The van der Waals surface area contributed by atoms with Gasteiger partial charge >= 0.3 is 0 Å². The molecule has 1 aliphatic rings.